The Morgan fingerprint density at radius 3 is 2.24 bits per heavy atom. The number of halogens is 4. The molecule has 0 aromatic heterocycles. The quantitative estimate of drug-likeness (QED) is 0.190. The number of fused-ring (bicyclic) bond motifs is 1. The molecule has 3 amide bonds. The van der Waals surface area contributed by atoms with Crippen LogP contribution in [0.3, 0.4) is 0 Å². The average Bonchev–Trinajstić information content (AvgIpc) is 3.02. The van der Waals surface area contributed by atoms with E-state index in [9.17, 15) is 24.5 Å². The Morgan fingerprint density at radius 1 is 1.06 bits per heavy atom. The van der Waals surface area contributed by atoms with E-state index in [4.69, 9.17) is 23.2 Å². The number of rotatable bonds is 5. The second-order valence-electron chi connectivity index (χ2n) is 8.11. The maximum atomic E-state index is 13.6. The SMILES string of the molecule is O=C(c1cccc([N+](=O)[O-])c1)N(Cc1ccc(Cl)cc1Cl)N1C(=O)[C@@H]2C[C@H](Br)[C@@H](Br)C[C@H]2C1=O. The molecule has 0 unspecified atom stereocenters. The van der Waals surface area contributed by atoms with E-state index in [0.717, 1.165) is 16.1 Å². The Labute approximate surface area is 221 Å². The lowest BCUT2D eigenvalue weighted by atomic mass is 9.81. The van der Waals surface area contributed by atoms with E-state index in [0.29, 0.717) is 23.4 Å². The fraction of sp³-hybridized carbons (Fsp3) is 0.318. The molecule has 12 heteroatoms. The number of imide groups is 1. The first-order valence-corrected chi connectivity index (χ1v) is 12.8. The van der Waals surface area contributed by atoms with Gasteiger partial charge in [0.25, 0.3) is 23.4 Å². The van der Waals surface area contributed by atoms with Gasteiger partial charge < -0.3 is 0 Å². The molecule has 1 aliphatic heterocycles. The molecule has 2 aliphatic rings. The third kappa shape index (κ3) is 4.73. The van der Waals surface area contributed by atoms with E-state index in [1.807, 2.05) is 0 Å². The summed E-state index contributed by atoms with van der Waals surface area (Å²) in [4.78, 5) is 51.0. The lowest BCUT2D eigenvalue weighted by Crippen LogP contribution is -2.49. The van der Waals surface area contributed by atoms with Gasteiger partial charge in [-0.3, -0.25) is 24.5 Å². The fourth-order valence-electron chi connectivity index (χ4n) is 4.26. The summed E-state index contributed by atoms with van der Waals surface area (Å²) in [5, 5.41) is 13.8. The number of nitrogens with zero attached hydrogens (tertiary/aromatic N) is 3. The van der Waals surface area contributed by atoms with Gasteiger partial charge in [-0.15, -0.1) is 0 Å². The number of nitro benzene ring substituents is 1. The van der Waals surface area contributed by atoms with Crippen LogP contribution in [0.15, 0.2) is 42.5 Å². The summed E-state index contributed by atoms with van der Waals surface area (Å²) in [6.45, 7) is -0.204. The van der Waals surface area contributed by atoms with Crippen molar-refractivity contribution in [1.82, 2.24) is 10.0 Å². The highest BCUT2D eigenvalue weighted by atomic mass is 79.9. The number of hydrogen-bond acceptors (Lipinski definition) is 5. The minimum Gasteiger partial charge on any atom is -0.272 e. The molecule has 1 heterocycles. The topological polar surface area (TPSA) is 101 Å². The predicted molar refractivity (Wildman–Crippen MR) is 133 cm³/mol. The van der Waals surface area contributed by atoms with Gasteiger partial charge in [0.1, 0.15) is 0 Å². The van der Waals surface area contributed by atoms with Gasteiger partial charge in [-0.05, 0) is 36.6 Å². The van der Waals surface area contributed by atoms with E-state index in [1.54, 1.807) is 12.1 Å². The third-order valence-electron chi connectivity index (χ3n) is 6.00. The smallest absolute Gasteiger partial charge is 0.272 e. The molecular weight excluding hydrogens is 617 g/mol. The minimum absolute atomic E-state index is 0.00270. The highest BCUT2D eigenvalue weighted by Crippen LogP contribution is 2.44. The Bertz CT molecular complexity index is 1170. The number of amides is 3. The Morgan fingerprint density at radius 2 is 1.68 bits per heavy atom. The van der Waals surface area contributed by atoms with Crippen LogP contribution in [0.1, 0.15) is 28.8 Å². The van der Waals surface area contributed by atoms with Gasteiger partial charge in [0.05, 0.1) is 23.3 Å². The van der Waals surface area contributed by atoms with Crippen LogP contribution in [0, 0.1) is 22.0 Å². The maximum absolute atomic E-state index is 13.6. The van der Waals surface area contributed by atoms with Gasteiger partial charge in [-0.25, -0.2) is 5.01 Å². The van der Waals surface area contributed by atoms with Crippen molar-refractivity contribution in [1.29, 1.82) is 0 Å². The second-order valence-corrected chi connectivity index (χ2v) is 11.3. The highest BCUT2D eigenvalue weighted by molar-refractivity contribution is 9.12. The van der Waals surface area contributed by atoms with Crippen molar-refractivity contribution in [3.63, 3.8) is 0 Å². The Balaban J connectivity index is 1.75. The molecule has 2 fully saturated rings. The second kappa shape index (κ2) is 9.93. The van der Waals surface area contributed by atoms with Crippen LogP contribution in [0.5, 0.6) is 0 Å². The largest absolute Gasteiger partial charge is 0.273 e. The molecule has 178 valence electrons. The zero-order valence-electron chi connectivity index (χ0n) is 17.4. The average molecular weight is 634 g/mol. The summed E-state index contributed by atoms with van der Waals surface area (Å²) < 4.78 is 0. The standard InChI is InChI=1S/C22H17Br2Cl2N3O5/c23-17-8-15-16(9-18(17)24)22(32)28(21(15)31)27(10-12-4-5-13(25)7-19(12)26)20(30)11-2-1-3-14(6-11)29(33)34/h1-7,15-18H,8-10H2/t15-,16-,17+,18+/m1/s1. The van der Waals surface area contributed by atoms with Crippen LogP contribution in [0.4, 0.5) is 5.69 Å². The van der Waals surface area contributed by atoms with Crippen LogP contribution in [0.2, 0.25) is 10.0 Å². The molecule has 4 rings (SSSR count). The summed E-state index contributed by atoms with van der Waals surface area (Å²) in [7, 11) is 0. The highest BCUT2D eigenvalue weighted by Gasteiger charge is 2.54. The summed E-state index contributed by atoms with van der Waals surface area (Å²) in [5.41, 5.74) is 0.135. The number of hydrogen-bond donors (Lipinski definition) is 0. The van der Waals surface area contributed by atoms with Gasteiger partial charge in [0.2, 0.25) is 0 Å². The van der Waals surface area contributed by atoms with Crippen LogP contribution in [-0.2, 0) is 16.1 Å². The molecule has 0 bridgehead atoms. The summed E-state index contributed by atoms with van der Waals surface area (Å²) in [6.07, 6.45) is 0.865. The zero-order chi connectivity index (χ0) is 24.7. The molecule has 0 radical (unpaired) electrons. The van der Waals surface area contributed by atoms with Gasteiger partial charge in [0.15, 0.2) is 0 Å². The van der Waals surface area contributed by atoms with E-state index >= 15 is 0 Å². The molecule has 1 aliphatic carbocycles. The normalized spacial score (nSPS) is 24.2. The van der Waals surface area contributed by atoms with Crippen molar-refractivity contribution in [3.05, 3.63) is 73.8 Å². The van der Waals surface area contributed by atoms with Crippen molar-refractivity contribution in [2.24, 2.45) is 11.8 Å². The van der Waals surface area contributed by atoms with E-state index in [2.05, 4.69) is 31.9 Å². The van der Waals surface area contributed by atoms with Crippen LogP contribution in [-0.4, -0.2) is 42.3 Å². The lowest BCUT2D eigenvalue weighted by Gasteiger charge is -2.31. The molecule has 4 atom stereocenters. The number of nitro groups is 1. The molecule has 0 spiro atoms. The number of benzene rings is 2. The molecular formula is C22H17Br2Cl2N3O5. The number of alkyl halides is 2. The molecule has 2 aromatic carbocycles. The molecule has 2 aromatic rings. The summed E-state index contributed by atoms with van der Waals surface area (Å²) in [5.74, 6) is -2.86. The van der Waals surface area contributed by atoms with Crippen molar-refractivity contribution in [2.45, 2.75) is 29.0 Å². The summed E-state index contributed by atoms with van der Waals surface area (Å²) in [6, 6.07) is 9.80. The first-order valence-electron chi connectivity index (χ1n) is 10.2. The van der Waals surface area contributed by atoms with Crippen LogP contribution >= 0.6 is 55.1 Å². The van der Waals surface area contributed by atoms with Gasteiger partial charge in [0, 0.05) is 37.4 Å². The van der Waals surface area contributed by atoms with Crippen molar-refractivity contribution in [2.75, 3.05) is 0 Å². The van der Waals surface area contributed by atoms with Crippen LogP contribution in [0.25, 0.3) is 0 Å². The van der Waals surface area contributed by atoms with Gasteiger partial charge in [-0.2, -0.15) is 5.01 Å². The molecule has 1 saturated carbocycles. The molecule has 8 nitrogen and oxygen atoms in total. The number of carbonyl (C=O) groups is 3. The zero-order valence-corrected chi connectivity index (χ0v) is 22.1. The first-order chi connectivity index (χ1) is 16.1. The van der Waals surface area contributed by atoms with E-state index in [-0.39, 0.29) is 32.5 Å². The minimum atomic E-state index is -0.735. The van der Waals surface area contributed by atoms with Gasteiger partial charge in [-0.1, -0.05) is 67.2 Å². The number of carbonyl (C=O) groups excluding carboxylic acids is 3. The van der Waals surface area contributed by atoms with Crippen molar-refractivity contribution < 1.29 is 19.3 Å². The maximum Gasteiger partial charge on any atom is 0.273 e. The Hall–Kier alpha value is -2.01. The number of non-ortho nitro benzene ring substituents is 1. The van der Waals surface area contributed by atoms with Crippen molar-refractivity contribution >= 4 is 78.5 Å². The molecule has 0 N–H and O–H groups in total. The van der Waals surface area contributed by atoms with Crippen molar-refractivity contribution in [3.8, 4) is 0 Å². The lowest BCUT2D eigenvalue weighted by molar-refractivity contribution is -0.384. The predicted octanol–water partition coefficient (Wildman–Crippen LogP) is 5.38. The molecule has 34 heavy (non-hydrogen) atoms. The van der Waals surface area contributed by atoms with Crippen LogP contribution < -0.4 is 0 Å². The van der Waals surface area contributed by atoms with E-state index < -0.39 is 34.5 Å². The summed E-state index contributed by atoms with van der Waals surface area (Å²) >= 11 is 19.4. The monoisotopic (exact) mass is 631 g/mol. The first kappa shape index (κ1) is 25.1. The number of hydrazine groups is 1. The van der Waals surface area contributed by atoms with E-state index in [1.165, 1.54) is 24.3 Å². The third-order valence-corrected chi connectivity index (χ3v) is 9.32. The van der Waals surface area contributed by atoms with Gasteiger partial charge >= 0.3 is 0 Å². The Kier molecular flexibility index (Phi) is 7.33. The molecule has 1 saturated heterocycles. The fourth-order valence-corrected chi connectivity index (χ4v) is 5.97.